The molecule has 1 aromatic heterocycles. The highest BCUT2D eigenvalue weighted by atomic mass is 16.5. The molecule has 134 valence electrons. The molecule has 0 spiro atoms. The molecule has 1 aliphatic carbocycles. The second kappa shape index (κ2) is 7.59. The minimum atomic E-state index is -0.482. The molecule has 6 heteroatoms. The number of methoxy groups -OCH3 is 2. The molecule has 1 amide bonds. The summed E-state index contributed by atoms with van der Waals surface area (Å²) in [5, 5.41) is 7.26. The van der Waals surface area contributed by atoms with E-state index in [9.17, 15) is 4.79 Å². The van der Waals surface area contributed by atoms with Crippen LogP contribution in [0.2, 0.25) is 0 Å². The van der Waals surface area contributed by atoms with Gasteiger partial charge >= 0.3 is 0 Å². The van der Waals surface area contributed by atoms with Crippen molar-refractivity contribution in [3.05, 3.63) is 42.2 Å². The fraction of sp³-hybridized carbons (Fsp3) is 0.474. The predicted octanol–water partition coefficient (Wildman–Crippen LogP) is 2.53. The van der Waals surface area contributed by atoms with Gasteiger partial charge in [-0.05, 0) is 36.6 Å². The van der Waals surface area contributed by atoms with Gasteiger partial charge in [0.2, 0.25) is 5.91 Å². The lowest BCUT2D eigenvalue weighted by atomic mass is 9.77. The van der Waals surface area contributed by atoms with Gasteiger partial charge in [-0.1, -0.05) is 18.9 Å². The van der Waals surface area contributed by atoms with Crippen LogP contribution in [0.25, 0.3) is 0 Å². The Bertz CT molecular complexity index is 707. The Morgan fingerprint density at radius 2 is 2.00 bits per heavy atom. The first-order valence-corrected chi connectivity index (χ1v) is 8.68. The quantitative estimate of drug-likeness (QED) is 0.839. The Morgan fingerprint density at radius 1 is 1.24 bits per heavy atom. The van der Waals surface area contributed by atoms with Crippen molar-refractivity contribution in [2.24, 2.45) is 0 Å². The van der Waals surface area contributed by atoms with Crippen molar-refractivity contribution in [2.75, 3.05) is 20.8 Å². The van der Waals surface area contributed by atoms with Crippen molar-refractivity contribution in [1.29, 1.82) is 0 Å². The van der Waals surface area contributed by atoms with E-state index in [1.165, 1.54) is 0 Å². The first-order chi connectivity index (χ1) is 12.2. The fourth-order valence-corrected chi connectivity index (χ4v) is 3.65. The molecule has 6 nitrogen and oxygen atoms in total. The molecule has 3 rings (SSSR count). The number of carbonyl (C=O) groups is 1. The Morgan fingerprint density at radius 3 is 2.64 bits per heavy atom. The number of carbonyl (C=O) groups excluding carboxylic acids is 1. The number of rotatable bonds is 7. The average molecular weight is 343 g/mol. The average Bonchev–Trinajstić information content (AvgIpc) is 3.33. The van der Waals surface area contributed by atoms with Crippen LogP contribution in [-0.4, -0.2) is 36.5 Å². The van der Waals surface area contributed by atoms with Gasteiger partial charge in [0.15, 0.2) is 11.5 Å². The lowest BCUT2D eigenvalue weighted by Gasteiger charge is -2.29. The van der Waals surface area contributed by atoms with E-state index in [2.05, 4.69) is 10.4 Å². The van der Waals surface area contributed by atoms with Crippen molar-refractivity contribution >= 4 is 5.91 Å². The first kappa shape index (κ1) is 17.3. The summed E-state index contributed by atoms with van der Waals surface area (Å²) in [6, 6.07) is 7.69. The summed E-state index contributed by atoms with van der Waals surface area (Å²) in [4.78, 5) is 13.0. The fourth-order valence-electron chi connectivity index (χ4n) is 3.65. The van der Waals surface area contributed by atoms with E-state index < -0.39 is 5.41 Å². The van der Waals surface area contributed by atoms with Gasteiger partial charge in [0.05, 0.1) is 26.2 Å². The summed E-state index contributed by atoms with van der Waals surface area (Å²) < 4.78 is 12.6. The van der Waals surface area contributed by atoms with E-state index in [1.54, 1.807) is 20.4 Å². The van der Waals surface area contributed by atoms with Gasteiger partial charge in [-0.2, -0.15) is 5.10 Å². The monoisotopic (exact) mass is 343 g/mol. The van der Waals surface area contributed by atoms with Crippen molar-refractivity contribution in [3.8, 4) is 11.5 Å². The molecular formula is C19H25N3O3. The van der Waals surface area contributed by atoms with Gasteiger partial charge < -0.3 is 14.8 Å². The topological polar surface area (TPSA) is 65.4 Å². The van der Waals surface area contributed by atoms with Gasteiger partial charge in [0, 0.05) is 18.9 Å². The zero-order chi connectivity index (χ0) is 17.7. The summed E-state index contributed by atoms with van der Waals surface area (Å²) in [7, 11) is 3.23. The molecule has 0 atom stereocenters. The van der Waals surface area contributed by atoms with Crippen LogP contribution in [0.4, 0.5) is 0 Å². The minimum absolute atomic E-state index is 0.0874. The van der Waals surface area contributed by atoms with Crippen LogP contribution in [0.15, 0.2) is 36.7 Å². The molecule has 0 aliphatic heterocycles. The summed E-state index contributed by atoms with van der Waals surface area (Å²) >= 11 is 0. The van der Waals surface area contributed by atoms with Gasteiger partial charge in [0.1, 0.15) is 0 Å². The van der Waals surface area contributed by atoms with Gasteiger partial charge in [-0.15, -0.1) is 0 Å². The van der Waals surface area contributed by atoms with Crippen LogP contribution in [0.1, 0.15) is 31.2 Å². The summed E-state index contributed by atoms with van der Waals surface area (Å²) in [6.07, 6.45) is 7.46. The molecule has 2 aromatic rings. The van der Waals surface area contributed by atoms with E-state index in [0.717, 1.165) is 31.2 Å². The standard InChI is InChI=1S/C19H25N3O3/c1-24-16-7-6-15(14-17(16)25-2)19(8-3-4-9-19)18(23)20-11-13-22-12-5-10-21-22/h5-7,10,12,14H,3-4,8-9,11,13H2,1-2H3,(H,20,23). The maximum Gasteiger partial charge on any atom is 0.230 e. The maximum atomic E-state index is 13.0. The molecule has 1 aromatic carbocycles. The van der Waals surface area contributed by atoms with E-state index in [4.69, 9.17) is 9.47 Å². The van der Waals surface area contributed by atoms with Crippen molar-refractivity contribution < 1.29 is 14.3 Å². The maximum absolute atomic E-state index is 13.0. The molecule has 1 heterocycles. The SMILES string of the molecule is COc1ccc(C2(C(=O)NCCn3cccn3)CCCC2)cc1OC. The number of amides is 1. The van der Waals surface area contributed by atoms with Crippen LogP contribution < -0.4 is 14.8 Å². The van der Waals surface area contributed by atoms with Gasteiger partial charge in [0.25, 0.3) is 0 Å². The molecule has 0 radical (unpaired) electrons. The molecule has 1 saturated carbocycles. The third kappa shape index (κ3) is 3.48. The third-order valence-electron chi connectivity index (χ3n) is 5.01. The lowest BCUT2D eigenvalue weighted by molar-refractivity contribution is -0.126. The van der Waals surface area contributed by atoms with E-state index in [1.807, 2.05) is 35.1 Å². The number of nitrogens with one attached hydrogen (secondary N) is 1. The molecule has 0 saturated heterocycles. The molecule has 1 fully saturated rings. The van der Waals surface area contributed by atoms with Crippen molar-refractivity contribution in [3.63, 3.8) is 0 Å². The highest BCUT2D eigenvalue weighted by Crippen LogP contribution is 2.43. The van der Waals surface area contributed by atoms with Crippen LogP contribution in [0.5, 0.6) is 11.5 Å². The summed E-state index contributed by atoms with van der Waals surface area (Å²) in [5.74, 6) is 1.43. The number of benzene rings is 1. The van der Waals surface area contributed by atoms with Crippen molar-refractivity contribution in [1.82, 2.24) is 15.1 Å². The molecule has 1 aliphatic rings. The Kier molecular flexibility index (Phi) is 5.26. The number of aromatic nitrogens is 2. The summed E-state index contributed by atoms with van der Waals surface area (Å²) in [6.45, 7) is 1.23. The summed E-state index contributed by atoms with van der Waals surface area (Å²) in [5.41, 5.74) is 0.517. The zero-order valence-electron chi connectivity index (χ0n) is 14.8. The second-order valence-corrected chi connectivity index (χ2v) is 6.38. The number of nitrogens with zero attached hydrogens (tertiary/aromatic N) is 2. The van der Waals surface area contributed by atoms with Crippen LogP contribution in [0, 0.1) is 0 Å². The Labute approximate surface area is 148 Å². The normalized spacial score (nSPS) is 15.8. The van der Waals surface area contributed by atoms with Crippen LogP contribution in [0.3, 0.4) is 0 Å². The van der Waals surface area contributed by atoms with E-state index in [0.29, 0.717) is 24.6 Å². The molecule has 0 unspecified atom stereocenters. The van der Waals surface area contributed by atoms with E-state index in [-0.39, 0.29) is 5.91 Å². The molecule has 25 heavy (non-hydrogen) atoms. The lowest BCUT2D eigenvalue weighted by Crippen LogP contribution is -2.43. The Hall–Kier alpha value is -2.50. The Balaban J connectivity index is 1.77. The smallest absolute Gasteiger partial charge is 0.230 e. The number of hydrogen-bond donors (Lipinski definition) is 1. The van der Waals surface area contributed by atoms with Gasteiger partial charge in [-0.3, -0.25) is 9.48 Å². The number of ether oxygens (including phenoxy) is 2. The van der Waals surface area contributed by atoms with Crippen LogP contribution in [-0.2, 0) is 16.8 Å². The first-order valence-electron chi connectivity index (χ1n) is 8.68. The minimum Gasteiger partial charge on any atom is -0.493 e. The molecule has 0 bridgehead atoms. The molecular weight excluding hydrogens is 318 g/mol. The van der Waals surface area contributed by atoms with Crippen LogP contribution >= 0.6 is 0 Å². The number of hydrogen-bond acceptors (Lipinski definition) is 4. The second-order valence-electron chi connectivity index (χ2n) is 6.38. The molecule has 1 N–H and O–H groups in total. The largest absolute Gasteiger partial charge is 0.493 e. The van der Waals surface area contributed by atoms with Crippen molar-refractivity contribution in [2.45, 2.75) is 37.6 Å². The predicted molar refractivity (Wildman–Crippen MR) is 94.9 cm³/mol. The van der Waals surface area contributed by atoms with Gasteiger partial charge in [-0.25, -0.2) is 0 Å². The highest BCUT2D eigenvalue weighted by molar-refractivity contribution is 5.88. The third-order valence-corrected chi connectivity index (χ3v) is 5.01. The zero-order valence-corrected chi connectivity index (χ0v) is 14.8. The van der Waals surface area contributed by atoms with E-state index >= 15 is 0 Å². The highest BCUT2D eigenvalue weighted by Gasteiger charge is 2.42.